The van der Waals surface area contributed by atoms with Gasteiger partial charge in [0.15, 0.2) is 0 Å². The van der Waals surface area contributed by atoms with Crippen LogP contribution in [0.25, 0.3) is 11.0 Å². The standard InChI is InChI=1S/C18H26N2O/c1-4-7-17-19-13-8-5-6-9-14(13)20(17)15-12-18(2,3)11-10-16(15)21/h5-6,8-9,15-16,21H,4,7,10-12H2,1-3H3. The SMILES string of the molecule is CCCc1nc2ccccc2n1C1CC(C)(C)CCC1O. The Morgan fingerprint density at radius 3 is 2.86 bits per heavy atom. The van der Waals surface area contributed by atoms with Gasteiger partial charge in [0.2, 0.25) is 0 Å². The fourth-order valence-electron chi connectivity index (χ4n) is 3.66. The van der Waals surface area contributed by atoms with E-state index >= 15 is 0 Å². The molecule has 0 radical (unpaired) electrons. The maximum atomic E-state index is 10.6. The molecular weight excluding hydrogens is 260 g/mol. The normalized spacial score (nSPS) is 25.3. The molecule has 21 heavy (non-hydrogen) atoms. The minimum Gasteiger partial charge on any atom is -0.391 e. The van der Waals surface area contributed by atoms with Crippen molar-refractivity contribution in [3.63, 3.8) is 0 Å². The third kappa shape index (κ3) is 2.71. The third-order valence-corrected chi connectivity index (χ3v) is 4.80. The molecule has 1 heterocycles. The summed E-state index contributed by atoms with van der Waals surface area (Å²) < 4.78 is 2.32. The molecule has 0 spiro atoms. The van der Waals surface area contributed by atoms with Crippen molar-refractivity contribution in [2.24, 2.45) is 5.41 Å². The molecule has 3 nitrogen and oxygen atoms in total. The quantitative estimate of drug-likeness (QED) is 0.922. The predicted octanol–water partition coefficient (Wildman–Crippen LogP) is 4.10. The van der Waals surface area contributed by atoms with E-state index in [1.54, 1.807) is 0 Å². The molecule has 0 bridgehead atoms. The fourth-order valence-corrected chi connectivity index (χ4v) is 3.66. The van der Waals surface area contributed by atoms with Crippen molar-refractivity contribution in [3.05, 3.63) is 30.1 Å². The maximum absolute atomic E-state index is 10.6. The lowest BCUT2D eigenvalue weighted by atomic mass is 9.73. The Balaban J connectivity index is 2.10. The van der Waals surface area contributed by atoms with Crippen LogP contribution in [0.2, 0.25) is 0 Å². The Morgan fingerprint density at radius 1 is 1.33 bits per heavy atom. The summed E-state index contributed by atoms with van der Waals surface area (Å²) in [5, 5.41) is 10.6. The lowest BCUT2D eigenvalue weighted by Crippen LogP contribution is -2.35. The first-order valence-corrected chi connectivity index (χ1v) is 8.16. The average Bonchev–Trinajstić information content (AvgIpc) is 2.80. The van der Waals surface area contributed by atoms with Gasteiger partial charge in [0.25, 0.3) is 0 Å². The number of aliphatic hydroxyl groups is 1. The highest BCUT2D eigenvalue weighted by molar-refractivity contribution is 5.76. The van der Waals surface area contributed by atoms with Crippen LogP contribution >= 0.6 is 0 Å². The number of aryl methyl sites for hydroxylation is 1. The van der Waals surface area contributed by atoms with Gasteiger partial charge < -0.3 is 9.67 Å². The first-order valence-electron chi connectivity index (χ1n) is 8.16. The smallest absolute Gasteiger partial charge is 0.110 e. The number of hydrogen-bond acceptors (Lipinski definition) is 2. The van der Waals surface area contributed by atoms with Crippen LogP contribution < -0.4 is 0 Å². The van der Waals surface area contributed by atoms with Crippen LogP contribution in [0.4, 0.5) is 0 Å². The third-order valence-electron chi connectivity index (χ3n) is 4.80. The van der Waals surface area contributed by atoms with E-state index in [1.807, 2.05) is 6.07 Å². The molecule has 0 aliphatic heterocycles. The van der Waals surface area contributed by atoms with Crippen LogP contribution in [0.15, 0.2) is 24.3 Å². The van der Waals surface area contributed by atoms with E-state index < -0.39 is 0 Å². The van der Waals surface area contributed by atoms with E-state index in [0.29, 0.717) is 5.41 Å². The summed E-state index contributed by atoms with van der Waals surface area (Å²) in [6.07, 6.45) is 4.79. The molecule has 1 N–H and O–H groups in total. The highest BCUT2D eigenvalue weighted by Crippen LogP contribution is 2.42. The van der Waals surface area contributed by atoms with Crippen LogP contribution in [-0.2, 0) is 6.42 Å². The van der Waals surface area contributed by atoms with Gasteiger partial charge in [-0.2, -0.15) is 0 Å². The Morgan fingerprint density at radius 2 is 2.10 bits per heavy atom. The number of hydrogen-bond donors (Lipinski definition) is 1. The number of benzene rings is 1. The number of aromatic nitrogens is 2. The first kappa shape index (κ1) is 14.6. The van der Waals surface area contributed by atoms with Gasteiger partial charge in [-0.15, -0.1) is 0 Å². The van der Waals surface area contributed by atoms with Crippen molar-refractivity contribution in [2.75, 3.05) is 0 Å². The molecule has 2 aromatic rings. The highest BCUT2D eigenvalue weighted by Gasteiger charge is 2.36. The van der Waals surface area contributed by atoms with Crippen LogP contribution in [0.3, 0.4) is 0 Å². The molecule has 2 unspecified atom stereocenters. The van der Waals surface area contributed by atoms with E-state index in [9.17, 15) is 5.11 Å². The molecule has 1 fully saturated rings. The summed E-state index contributed by atoms with van der Waals surface area (Å²) >= 11 is 0. The molecule has 3 rings (SSSR count). The van der Waals surface area contributed by atoms with Gasteiger partial charge in [0.05, 0.1) is 23.2 Å². The van der Waals surface area contributed by atoms with Crippen LogP contribution in [0.1, 0.15) is 58.3 Å². The highest BCUT2D eigenvalue weighted by atomic mass is 16.3. The van der Waals surface area contributed by atoms with E-state index in [1.165, 1.54) is 5.52 Å². The fraction of sp³-hybridized carbons (Fsp3) is 0.611. The second-order valence-electron chi connectivity index (χ2n) is 7.18. The minimum atomic E-state index is -0.258. The Labute approximate surface area is 127 Å². The zero-order chi connectivity index (χ0) is 15.0. The summed E-state index contributed by atoms with van der Waals surface area (Å²) in [4.78, 5) is 4.81. The van der Waals surface area contributed by atoms with Crippen molar-refractivity contribution < 1.29 is 5.11 Å². The summed E-state index contributed by atoms with van der Waals surface area (Å²) in [6.45, 7) is 6.81. The molecule has 3 heteroatoms. The first-order chi connectivity index (χ1) is 10.0. The van der Waals surface area contributed by atoms with E-state index in [0.717, 1.165) is 43.4 Å². The second-order valence-corrected chi connectivity index (χ2v) is 7.18. The number of fused-ring (bicyclic) bond motifs is 1. The number of rotatable bonds is 3. The largest absolute Gasteiger partial charge is 0.391 e. The lowest BCUT2D eigenvalue weighted by molar-refractivity contribution is 0.0285. The van der Waals surface area contributed by atoms with Gasteiger partial charge in [-0.05, 0) is 43.2 Å². The summed E-state index contributed by atoms with van der Waals surface area (Å²) in [5.74, 6) is 1.13. The van der Waals surface area contributed by atoms with Gasteiger partial charge in [0.1, 0.15) is 5.82 Å². The van der Waals surface area contributed by atoms with Gasteiger partial charge in [-0.3, -0.25) is 0 Å². The number of para-hydroxylation sites is 2. The van der Waals surface area contributed by atoms with E-state index in [4.69, 9.17) is 4.98 Å². The molecule has 1 saturated carbocycles. The Hall–Kier alpha value is -1.35. The maximum Gasteiger partial charge on any atom is 0.110 e. The van der Waals surface area contributed by atoms with Gasteiger partial charge >= 0.3 is 0 Å². The Bertz CT molecular complexity index is 629. The van der Waals surface area contributed by atoms with Crippen molar-refractivity contribution in [1.29, 1.82) is 0 Å². The molecule has 1 aliphatic rings. The zero-order valence-corrected chi connectivity index (χ0v) is 13.3. The topological polar surface area (TPSA) is 38.0 Å². The van der Waals surface area contributed by atoms with Crippen LogP contribution in [0, 0.1) is 5.41 Å². The minimum absolute atomic E-state index is 0.155. The number of imidazole rings is 1. The molecule has 1 aromatic carbocycles. The van der Waals surface area contributed by atoms with Crippen molar-refractivity contribution in [3.8, 4) is 0 Å². The lowest BCUT2D eigenvalue weighted by Gasteiger charge is -2.40. The number of nitrogens with zero attached hydrogens (tertiary/aromatic N) is 2. The van der Waals surface area contributed by atoms with Crippen LogP contribution in [-0.4, -0.2) is 20.8 Å². The van der Waals surface area contributed by atoms with E-state index in [-0.39, 0.29) is 12.1 Å². The average molecular weight is 286 g/mol. The summed E-state index contributed by atoms with van der Waals surface area (Å²) in [5.41, 5.74) is 2.51. The monoisotopic (exact) mass is 286 g/mol. The van der Waals surface area contributed by atoms with Gasteiger partial charge in [-0.25, -0.2) is 4.98 Å². The Kier molecular flexibility index (Phi) is 3.78. The molecular formula is C18H26N2O. The van der Waals surface area contributed by atoms with Crippen molar-refractivity contribution >= 4 is 11.0 Å². The summed E-state index contributed by atoms with van der Waals surface area (Å²) in [7, 11) is 0. The zero-order valence-electron chi connectivity index (χ0n) is 13.3. The van der Waals surface area contributed by atoms with Gasteiger partial charge in [-0.1, -0.05) is 32.9 Å². The van der Waals surface area contributed by atoms with E-state index in [2.05, 4.69) is 43.5 Å². The van der Waals surface area contributed by atoms with Gasteiger partial charge in [0, 0.05) is 6.42 Å². The predicted molar refractivity (Wildman–Crippen MR) is 86.4 cm³/mol. The molecule has 1 aliphatic carbocycles. The van der Waals surface area contributed by atoms with Crippen LogP contribution in [0.5, 0.6) is 0 Å². The summed E-state index contributed by atoms with van der Waals surface area (Å²) in [6, 6.07) is 8.47. The molecule has 1 aromatic heterocycles. The number of aliphatic hydroxyl groups excluding tert-OH is 1. The molecule has 0 saturated heterocycles. The second kappa shape index (κ2) is 5.45. The molecule has 114 valence electrons. The molecule has 0 amide bonds. The van der Waals surface area contributed by atoms with Crippen molar-refractivity contribution in [1.82, 2.24) is 9.55 Å². The van der Waals surface area contributed by atoms with Crippen molar-refractivity contribution in [2.45, 2.75) is 65.0 Å². The molecule has 2 atom stereocenters.